The summed E-state index contributed by atoms with van der Waals surface area (Å²) in [5.41, 5.74) is 11.7. The fourth-order valence-corrected chi connectivity index (χ4v) is 6.96. The number of rotatable bonds is 1. The Morgan fingerprint density at radius 2 is 0.825 bits per heavy atom. The molecule has 0 saturated carbocycles. The molecule has 0 aliphatic rings. The summed E-state index contributed by atoms with van der Waals surface area (Å²) < 4.78 is 0. The Morgan fingerprint density at radius 1 is 0.300 bits per heavy atom. The third-order valence-electron chi connectivity index (χ3n) is 8.83. The van der Waals surface area contributed by atoms with Crippen molar-refractivity contribution in [1.82, 2.24) is 19.9 Å². The molecule has 0 aliphatic carbocycles. The summed E-state index contributed by atoms with van der Waals surface area (Å²) >= 11 is 0. The zero-order valence-corrected chi connectivity index (χ0v) is 21.4. The van der Waals surface area contributed by atoms with E-state index in [1.165, 1.54) is 76.3 Å². The minimum atomic E-state index is 1.15. The van der Waals surface area contributed by atoms with Crippen LogP contribution in [0.15, 0.2) is 109 Å². The summed E-state index contributed by atoms with van der Waals surface area (Å²) in [5.74, 6) is 0. The number of fused-ring (bicyclic) bond motifs is 14. The fraction of sp³-hybridized carbons (Fsp3) is 0. The zero-order chi connectivity index (χ0) is 25.9. The van der Waals surface area contributed by atoms with E-state index in [1.54, 1.807) is 0 Å². The highest BCUT2D eigenvalue weighted by Crippen LogP contribution is 2.39. The Balaban J connectivity index is 1.17. The molecule has 0 amide bonds. The smallest absolute Gasteiger partial charge is 0.0710 e. The number of para-hydroxylation sites is 2. The molecule has 0 fully saturated rings. The van der Waals surface area contributed by atoms with Gasteiger partial charge in [-0.25, -0.2) is 0 Å². The molecule has 0 radical (unpaired) electrons. The number of H-pyrrole nitrogens is 4. The van der Waals surface area contributed by atoms with Crippen LogP contribution >= 0.6 is 0 Å². The molecular weight excluding hydrogens is 488 g/mol. The van der Waals surface area contributed by atoms with E-state index in [9.17, 15) is 0 Å². The average molecular weight is 511 g/mol. The Kier molecular flexibility index (Phi) is 3.65. The fourth-order valence-electron chi connectivity index (χ4n) is 6.96. The monoisotopic (exact) mass is 510 g/mol. The second-order valence-corrected chi connectivity index (χ2v) is 10.9. The van der Waals surface area contributed by atoms with Gasteiger partial charge >= 0.3 is 0 Å². The lowest BCUT2D eigenvalue weighted by Gasteiger charge is -2.03. The molecule has 186 valence electrons. The van der Waals surface area contributed by atoms with Gasteiger partial charge in [-0.15, -0.1) is 0 Å². The van der Waals surface area contributed by atoms with Crippen LogP contribution in [0.5, 0.6) is 0 Å². The minimum Gasteiger partial charge on any atom is -0.354 e. The highest BCUT2D eigenvalue weighted by Gasteiger charge is 2.15. The first-order chi connectivity index (χ1) is 19.8. The molecule has 40 heavy (non-hydrogen) atoms. The molecule has 0 saturated heterocycles. The Labute approximate surface area is 227 Å². The van der Waals surface area contributed by atoms with Crippen molar-refractivity contribution in [2.24, 2.45) is 0 Å². The molecule has 4 heterocycles. The quantitative estimate of drug-likeness (QED) is 0.170. The van der Waals surface area contributed by atoms with Crippen molar-refractivity contribution in [3.05, 3.63) is 109 Å². The van der Waals surface area contributed by atoms with Gasteiger partial charge in [0.2, 0.25) is 0 Å². The Bertz CT molecular complexity index is 2660. The van der Waals surface area contributed by atoms with E-state index < -0.39 is 0 Å². The maximum Gasteiger partial charge on any atom is 0.0710 e. The van der Waals surface area contributed by atoms with Gasteiger partial charge in [-0.05, 0) is 47.5 Å². The van der Waals surface area contributed by atoms with Crippen LogP contribution in [0, 0.1) is 0 Å². The Hall–Kier alpha value is -5.48. The summed E-state index contributed by atoms with van der Waals surface area (Å²) in [4.78, 5) is 14.7. The van der Waals surface area contributed by atoms with E-state index in [0.29, 0.717) is 0 Å². The normalized spacial score (nSPS) is 12.5. The first kappa shape index (κ1) is 20.5. The van der Waals surface area contributed by atoms with Crippen LogP contribution in [-0.4, -0.2) is 19.9 Å². The maximum absolute atomic E-state index is 3.70. The number of aromatic amines is 4. The number of benzene rings is 6. The van der Waals surface area contributed by atoms with E-state index in [0.717, 1.165) is 22.1 Å². The van der Waals surface area contributed by atoms with E-state index >= 15 is 0 Å². The summed E-state index contributed by atoms with van der Waals surface area (Å²) in [7, 11) is 0. The van der Waals surface area contributed by atoms with Crippen molar-refractivity contribution < 1.29 is 0 Å². The van der Waals surface area contributed by atoms with Crippen LogP contribution in [0.2, 0.25) is 0 Å². The molecule has 4 N–H and O–H groups in total. The van der Waals surface area contributed by atoms with Gasteiger partial charge in [-0.1, -0.05) is 72.8 Å². The lowest BCUT2D eigenvalue weighted by molar-refractivity contribution is 1.51. The van der Waals surface area contributed by atoms with Gasteiger partial charge in [-0.2, -0.15) is 0 Å². The van der Waals surface area contributed by atoms with Gasteiger partial charge in [0.25, 0.3) is 0 Å². The summed E-state index contributed by atoms with van der Waals surface area (Å²) in [6, 6.07) is 39.5. The van der Waals surface area contributed by atoms with Gasteiger partial charge < -0.3 is 19.9 Å². The highest BCUT2D eigenvalue weighted by molar-refractivity contribution is 6.25. The summed E-state index contributed by atoms with van der Waals surface area (Å²) in [5, 5.41) is 10.0. The SMILES string of the molecule is c1ccc2c(c1)[nH]c1c2ccc2c3cc(-c4ccc5c(c4)[nH]c4ccc6c7ccccc7[nH]c6c45)ccc3[nH]c21. The molecule has 0 spiro atoms. The third kappa shape index (κ3) is 2.55. The first-order valence-corrected chi connectivity index (χ1v) is 13.7. The molecule has 4 heteroatoms. The first-order valence-electron chi connectivity index (χ1n) is 13.7. The molecular formula is C36H22N4. The maximum atomic E-state index is 3.70. The van der Waals surface area contributed by atoms with Crippen LogP contribution in [0.1, 0.15) is 0 Å². The van der Waals surface area contributed by atoms with Crippen LogP contribution in [0.3, 0.4) is 0 Å². The van der Waals surface area contributed by atoms with Gasteiger partial charge in [0.05, 0.1) is 16.6 Å². The third-order valence-corrected chi connectivity index (χ3v) is 8.83. The van der Waals surface area contributed by atoms with Gasteiger partial charge in [0, 0.05) is 70.7 Å². The van der Waals surface area contributed by atoms with Crippen LogP contribution < -0.4 is 0 Å². The number of aromatic nitrogens is 4. The minimum absolute atomic E-state index is 1.15. The lowest BCUT2D eigenvalue weighted by Crippen LogP contribution is -1.79. The molecule has 4 nitrogen and oxygen atoms in total. The highest BCUT2D eigenvalue weighted by atomic mass is 14.8. The van der Waals surface area contributed by atoms with E-state index in [1.807, 2.05) is 0 Å². The molecule has 0 unspecified atom stereocenters. The number of hydrogen-bond donors (Lipinski definition) is 4. The molecule has 0 aliphatic heterocycles. The molecule has 4 aromatic heterocycles. The number of hydrogen-bond acceptors (Lipinski definition) is 0. The average Bonchev–Trinajstić information content (AvgIpc) is 3.75. The van der Waals surface area contributed by atoms with Gasteiger partial charge in [-0.3, -0.25) is 0 Å². The molecule has 10 aromatic rings. The second kappa shape index (κ2) is 7.13. The van der Waals surface area contributed by atoms with Crippen molar-refractivity contribution in [2.45, 2.75) is 0 Å². The zero-order valence-electron chi connectivity index (χ0n) is 21.4. The van der Waals surface area contributed by atoms with E-state index in [2.05, 4.69) is 129 Å². The molecule has 0 bridgehead atoms. The van der Waals surface area contributed by atoms with Gasteiger partial charge in [0.15, 0.2) is 0 Å². The predicted molar refractivity (Wildman–Crippen MR) is 169 cm³/mol. The van der Waals surface area contributed by atoms with Crippen molar-refractivity contribution >= 4 is 87.2 Å². The van der Waals surface area contributed by atoms with E-state index in [4.69, 9.17) is 0 Å². The lowest BCUT2D eigenvalue weighted by atomic mass is 10.0. The molecule has 6 aromatic carbocycles. The summed E-state index contributed by atoms with van der Waals surface area (Å²) in [6.07, 6.45) is 0. The van der Waals surface area contributed by atoms with Crippen molar-refractivity contribution in [2.75, 3.05) is 0 Å². The standard InChI is InChI=1S/C36H22N4/c1-3-7-28-21(5-1)23-14-16-31-33(34(23)38-28)26-11-9-20(18-32(26)37-31)19-10-15-30-27(17-19)25-13-12-24-22-6-2-4-8-29(22)39-35(24)36(25)40-30/h1-18,37-40H. The summed E-state index contributed by atoms with van der Waals surface area (Å²) in [6.45, 7) is 0. The van der Waals surface area contributed by atoms with E-state index in [-0.39, 0.29) is 0 Å². The number of nitrogens with one attached hydrogen (secondary N) is 4. The van der Waals surface area contributed by atoms with Crippen molar-refractivity contribution in [1.29, 1.82) is 0 Å². The van der Waals surface area contributed by atoms with Crippen molar-refractivity contribution in [3.8, 4) is 11.1 Å². The van der Waals surface area contributed by atoms with Gasteiger partial charge in [0.1, 0.15) is 0 Å². The Morgan fingerprint density at radius 3 is 1.60 bits per heavy atom. The molecule has 0 atom stereocenters. The molecule has 10 rings (SSSR count). The van der Waals surface area contributed by atoms with Crippen LogP contribution in [-0.2, 0) is 0 Å². The predicted octanol–water partition coefficient (Wildman–Crippen LogP) is 9.89. The topological polar surface area (TPSA) is 63.2 Å². The largest absolute Gasteiger partial charge is 0.354 e. The van der Waals surface area contributed by atoms with Crippen molar-refractivity contribution in [3.63, 3.8) is 0 Å². The van der Waals surface area contributed by atoms with Crippen LogP contribution in [0.25, 0.3) is 98.4 Å². The van der Waals surface area contributed by atoms with Crippen LogP contribution in [0.4, 0.5) is 0 Å². The second-order valence-electron chi connectivity index (χ2n) is 10.9.